The fourth-order valence-electron chi connectivity index (χ4n) is 4.10. The first-order valence-corrected chi connectivity index (χ1v) is 9.82. The zero-order valence-corrected chi connectivity index (χ0v) is 17.0. The summed E-state index contributed by atoms with van der Waals surface area (Å²) in [6.45, 7) is 3.10. The molecule has 3 rings (SSSR count). The van der Waals surface area contributed by atoms with Gasteiger partial charge < -0.3 is 15.4 Å². The Labute approximate surface area is 170 Å². The third-order valence-corrected chi connectivity index (χ3v) is 5.87. The van der Waals surface area contributed by atoms with E-state index in [2.05, 4.69) is 10.6 Å². The predicted octanol–water partition coefficient (Wildman–Crippen LogP) is 1.75. The molecular weight excluding hydrogens is 374 g/mol. The zero-order chi connectivity index (χ0) is 21.2. The van der Waals surface area contributed by atoms with Crippen LogP contribution < -0.4 is 10.6 Å². The normalized spacial score (nSPS) is 23.5. The van der Waals surface area contributed by atoms with Crippen LogP contribution in [0.2, 0.25) is 0 Å². The van der Waals surface area contributed by atoms with E-state index in [1.807, 2.05) is 19.1 Å². The molecule has 1 aromatic carbocycles. The largest absolute Gasteiger partial charge is 0.467 e. The number of nitrogens with zero attached hydrogens (tertiary/aromatic N) is 1. The van der Waals surface area contributed by atoms with E-state index in [4.69, 9.17) is 4.74 Å². The van der Waals surface area contributed by atoms with Crippen LogP contribution in [0.25, 0.3) is 0 Å². The Morgan fingerprint density at radius 1 is 1.14 bits per heavy atom. The van der Waals surface area contributed by atoms with Gasteiger partial charge in [0.1, 0.15) is 17.6 Å². The molecule has 2 fully saturated rings. The summed E-state index contributed by atoms with van der Waals surface area (Å²) in [5, 5.41) is 5.42. The number of carbonyl (C=O) groups excluding carboxylic acids is 4. The minimum atomic E-state index is -1.24. The molecule has 29 heavy (non-hydrogen) atoms. The van der Waals surface area contributed by atoms with Gasteiger partial charge in [0.15, 0.2) is 0 Å². The van der Waals surface area contributed by atoms with Gasteiger partial charge in [0.05, 0.1) is 7.11 Å². The quantitative estimate of drug-likeness (QED) is 0.578. The van der Waals surface area contributed by atoms with E-state index < -0.39 is 41.4 Å². The molecule has 4 amide bonds. The van der Waals surface area contributed by atoms with E-state index in [1.165, 1.54) is 7.11 Å². The van der Waals surface area contributed by atoms with Crippen LogP contribution in [-0.4, -0.2) is 47.9 Å². The molecule has 0 spiro atoms. The van der Waals surface area contributed by atoms with Gasteiger partial charge in [-0.15, -0.1) is 0 Å². The fraction of sp³-hybridized carbons (Fsp3) is 0.524. The van der Waals surface area contributed by atoms with E-state index in [9.17, 15) is 19.2 Å². The monoisotopic (exact) mass is 401 g/mol. The summed E-state index contributed by atoms with van der Waals surface area (Å²) in [5.74, 6) is -1.56. The minimum absolute atomic E-state index is 0.454. The van der Waals surface area contributed by atoms with Gasteiger partial charge in [-0.1, -0.05) is 49.1 Å². The number of hydrogen-bond acceptors (Lipinski definition) is 5. The Morgan fingerprint density at radius 3 is 2.34 bits per heavy atom. The summed E-state index contributed by atoms with van der Waals surface area (Å²) in [7, 11) is 1.29. The predicted molar refractivity (Wildman–Crippen MR) is 105 cm³/mol. The molecule has 2 aliphatic rings. The van der Waals surface area contributed by atoms with Crippen LogP contribution in [0.3, 0.4) is 0 Å². The van der Waals surface area contributed by atoms with Crippen LogP contribution in [0.1, 0.15) is 50.2 Å². The van der Waals surface area contributed by atoms with E-state index >= 15 is 0 Å². The number of urea groups is 1. The van der Waals surface area contributed by atoms with Crippen molar-refractivity contribution in [2.45, 2.75) is 57.0 Å². The highest BCUT2D eigenvalue weighted by Gasteiger charge is 2.50. The molecule has 2 N–H and O–H groups in total. The number of aryl methyl sites for hydroxylation is 1. The molecule has 8 heteroatoms. The molecule has 1 aliphatic carbocycles. The Balaban J connectivity index is 1.74. The van der Waals surface area contributed by atoms with Gasteiger partial charge >= 0.3 is 12.0 Å². The number of hydrogen-bond donors (Lipinski definition) is 2. The number of imide groups is 1. The molecule has 0 radical (unpaired) electrons. The Hall–Kier alpha value is -2.90. The number of rotatable bonds is 5. The highest BCUT2D eigenvalue weighted by atomic mass is 16.5. The van der Waals surface area contributed by atoms with Crippen molar-refractivity contribution in [3.63, 3.8) is 0 Å². The minimum Gasteiger partial charge on any atom is -0.467 e. The third-order valence-electron chi connectivity index (χ3n) is 5.87. The maximum atomic E-state index is 13.0. The number of amides is 4. The van der Waals surface area contributed by atoms with Gasteiger partial charge in [0, 0.05) is 0 Å². The molecule has 156 valence electrons. The number of benzene rings is 1. The van der Waals surface area contributed by atoms with Crippen LogP contribution >= 0.6 is 0 Å². The van der Waals surface area contributed by atoms with Gasteiger partial charge in [-0.05, 0) is 32.3 Å². The van der Waals surface area contributed by atoms with Crippen LogP contribution in [0.5, 0.6) is 0 Å². The topological polar surface area (TPSA) is 105 Å². The molecule has 0 aromatic heterocycles. The molecule has 1 saturated carbocycles. The summed E-state index contributed by atoms with van der Waals surface area (Å²) in [6.07, 6.45) is 3.53. The second-order valence-corrected chi connectivity index (χ2v) is 8.00. The smallest absolute Gasteiger partial charge is 0.331 e. The molecule has 1 atom stereocenters. The average Bonchev–Trinajstić information content (AvgIpc) is 2.92. The Kier molecular flexibility index (Phi) is 5.64. The maximum Gasteiger partial charge on any atom is 0.331 e. The van der Waals surface area contributed by atoms with E-state index in [0.717, 1.165) is 29.7 Å². The van der Waals surface area contributed by atoms with Crippen molar-refractivity contribution in [2.24, 2.45) is 0 Å². The SMILES string of the molecule is COC(=O)C1(NC(=O)CN2C(=O)N[C@](C)(c3ccc(C)cc3)C2=O)CCCCC1. The van der Waals surface area contributed by atoms with Crippen LogP contribution in [0, 0.1) is 6.92 Å². The van der Waals surface area contributed by atoms with Gasteiger partial charge in [-0.2, -0.15) is 0 Å². The van der Waals surface area contributed by atoms with E-state index in [-0.39, 0.29) is 0 Å². The third kappa shape index (κ3) is 3.83. The fourth-order valence-corrected chi connectivity index (χ4v) is 4.10. The van der Waals surface area contributed by atoms with Crippen LogP contribution in [-0.2, 0) is 24.7 Å². The summed E-state index contributed by atoms with van der Waals surface area (Å²) in [6, 6.07) is 6.65. The number of esters is 1. The van der Waals surface area contributed by atoms with Gasteiger partial charge in [-0.25, -0.2) is 9.59 Å². The van der Waals surface area contributed by atoms with Crippen molar-refractivity contribution >= 4 is 23.8 Å². The lowest BCUT2D eigenvalue weighted by Gasteiger charge is -2.35. The second-order valence-electron chi connectivity index (χ2n) is 8.00. The summed E-state index contributed by atoms with van der Waals surface area (Å²) < 4.78 is 4.89. The second kappa shape index (κ2) is 7.85. The standard InChI is InChI=1S/C21H27N3O5/c1-14-7-9-15(10-8-14)20(2)17(26)24(19(28)23-20)13-16(25)22-21(18(27)29-3)11-5-4-6-12-21/h7-10H,4-6,11-13H2,1-3H3,(H,22,25)(H,23,28)/t20-/m1/s1. The summed E-state index contributed by atoms with van der Waals surface area (Å²) in [4.78, 5) is 51.3. The molecule has 8 nitrogen and oxygen atoms in total. The molecule has 0 unspecified atom stereocenters. The summed E-state index contributed by atoms with van der Waals surface area (Å²) >= 11 is 0. The van der Waals surface area contributed by atoms with Crippen molar-refractivity contribution in [2.75, 3.05) is 13.7 Å². The Bertz CT molecular complexity index is 829. The van der Waals surface area contributed by atoms with Gasteiger partial charge in [-0.3, -0.25) is 14.5 Å². The van der Waals surface area contributed by atoms with Crippen molar-refractivity contribution in [3.05, 3.63) is 35.4 Å². The lowest BCUT2D eigenvalue weighted by molar-refractivity contribution is -0.152. The number of carbonyl (C=O) groups is 4. The number of methoxy groups -OCH3 is 1. The molecule has 1 aromatic rings. The Morgan fingerprint density at radius 2 is 1.76 bits per heavy atom. The highest BCUT2D eigenvalue weighted by Crippen LogP contribution is 2.31. The maximum absolute atomic E-state index is 13.0. The average molecular weight is 401 g/mol. The van der Waals surface area contributed by atoms with Crippen molar-refractivity contribution in [3.8, 4) is 0 Å². The first-order valence-electron chi connectivity index (χ1n) is 9.82. The number of ether oxygens (including phenoxy) is 1. The lowest BCUT2D eigenvalue weighted by atomic mass is 9.81. The summed E-state index contributed by atoms with van der Waals surface area (Å²) in [5.41, 5.74) is -0.659. The van der Waals surface area contributed by atoms with Crippen molar-refractivity contribution in [1.82, 2.24) is 15.5 Å². The number of nitrogens with one attached hydrogen (secondary N) is 2. The van der Waals surface area contributed by atoms with Crippen LogP contribution in [0.4, 0.5) is 4.79 Å². The van der Waals surface area contributed by atoms with Gasteiger partial charge in [0.25, 0.3) is 5.91 Å². The molecule has 1 heterocycles. The van der Waals surface area contributed by atoms with E-state index in [0.29, 0.717) is 18.4 Å². The van der Waals surface area contributed by atoms with Crippen LogP contribution in [0.15, 0.2) is 24.3 Å². The first kappa shape index (κ1) is 20.8. The highest BCUT2D eigenvalue weighted by molar-refractivity contribution is 6.09. The van der Waals surface area contributed by atoms with Crippen molar-refractivity contribution < 1.29 is 23.9 Å². The van der Waals surface area contributed by atoms with E-state index in [1.54, 1.807) is 19.1 Å². The molecular formula is C21H27N3O5. The van der Waals surface area contributed by atoms with Crippen molar-refractivity contribution in [1.29, 1.82) is 0 Å². The van der Waals surface area contributed by atoms with Gasteiger partial charge in [0.2, 0.25) is 5.91 Å². The first-order chi connectivity index (χ1) is 13.7. The zero-order valence-electron chi connectivity index (χ0n) is 17.0. The molecule has 1 saturated heterocycles. The lowest BCUT2D eigenvalue weighted by Crippen LogP contribution is -2.58. The molecule has 0 bridgehead atoms. The molecule has 1 aliphatic heterocycles.